The Hall–Kier alpha value is -3.63. The summed E-state index contributed by atoms with van der Waals surface area (Å²) in [7, 11) is 0. The number of rotatable bonds is 7. The van der Waals surface area contributed by atoms with Crippen LogP contribution < -0.4 is 14.8 Å². The first kappa shape index (κ1) is 21.1. The van der Waals surface area contributed by atoms with Gasteiger partial charge < -0.3 is 19.2 Å². The molecule has 1 N–H and O–H groups in total. The SMILES string of the molecule is O=C(Nc1ccccc1OC(F)F)c1ccc(COc2c(F)c(F)cc(F)c2F)o1. The van der Waals surface area contributed by atoms with E-state index < -0.39 is 48.1 Å². The Morgan fingerprint density at radius 3 is 2.33 bits per heavy atom. The van der Waals surface area contributed by atoms with E-state index >= 15 is 0 Å². The molecule has 0 atom stereocenters. The number of nitrogens with one attached hydrogen (secondary N) is 1. The van der Waals surface area contributed by atoms with Crippen molar-refractivity contribution >= 4 is 11.6 Å². The fourth-order valence-corrected chi connectivity index (χ4v) is 2.35. The quantitative estimate of drug-likeness (QED) is 0.409. The number of amides is 1. The molecule has 0 aliphatic carbocycles. The summed E-state index contributed by atoms with van der Waals surface area (Å²) in [5, 5.41) is 2.30. The monoisotopic (exact) mass is 431 g/mol. The van der Waals surface area contributed by atoms with E-state index in [1.165, 1.54) is 36.4 Å². The number of anilines is 1. The van der Waals surface area contributed by atoms with Crippen LogP contribution in [0.5, 0.6) is 11.5 Å². The third-order valence-electron chi connectivity index (χ3n) is 3.67. The molecule has 2 aromatic carbocycles. The van der Waals surface area contributed by atoms with E-state index in [4.69, 9.17) is 9.15 Å². The molecule has 0 aliphatic heterocycles. The van der Waals surface area contributed by atoms with Crippen LogP contribution in [0.15, 0.2) is 46.9 Å². The average Bonchev–Trinajstić information content (AvgIpc) is 3.17. The Morgan fingerprint density at radius 1 is 1.00 bits per heavy atom. The Bertz CT molecular complexity index is 1040. The number of carbonyl (C=O) groups excluding carboxylic acids is 1. The molecule has 0 saturated heterocycles. The van der Waals surface area contributed by atoms with Crippen molar-refractivity contribution < 1.29 is 45.0 Å². The molecule has 3 aromatic rings. The number of hydrogen-bond donors (Lipinski definition) is 1. The normalized spacial score (nSPS) is 10.9. The van der Waals surface area contributed by atoms with E-state index in [9.17, 15) is 31.1 Å². The largest absolute Gasteiger partial charge is 0.479 e. The topological polar surface area (TPSA) is 60.7 Å². The summed E-state index contributed by atoms with van der Waals surface area (Å²) in [6.07, 6.45) is 0. The molecule has 0 spiro atoms. The van der Waals surface area contributed by atoms with Crippen LogP contribution in [0.1, 0.15) is 16.3 Å². The standard InChI is InChI=1S/C19H11F6NO4/c20-10-7-11(21)16(23)17(15(10)22)28-8-9-5-6-14(29-9)18(27)26-12-3-1-2-4-13(12)30-19(24)25/h1-7,19H,8H2,(H,26,27). The maximum atomic E-state index is 13.6. The Labute approximate surface area is 164 Å². The number of halogens is 6. The summed E-state index contributed by atoms with van der Waals surface area (Å²) >= 11 is 0. The number of hydrogen-bond acceptors (Lipinski definition) is 4. The van der Waals surface area contributed by atoms with Gasteiger partial charge in [0.15, 0.2) is 23.1 Å². The van der Waals surface area contributed by atoms with Gasteiger partial charge in [-0.1, -0.05) is 12.1 Å². The summed E-state index contributed by atoms with van der Waals surface area (Å²) in [5.74, 6) is -9.57. The van der Waals surface area contributed by atoms with Gasteiger partial charge in [0.25, 0.3) is 5.91 Å². The van der Waals surface area contributed by atoms with Gasteiger partial charge >= 0.3 is 6.61 Å². The molecule has 1 aromatic heterocycles. The van der Waals surface area contributed by atoms with Crippen LogP contribution in [-0.4, -0.2) is 12.5 Å². The fraction of sp³-hybridized carbons (Fsp3) is 0.105. The van der Waals surface area contributed by atoms with Gasteiger partial charge in [-0.3, -0.25) is 4.79 Å². The molecular weight excluding hydrogens is 420 g/mol. The van der Waals surface area contributed by atoms with Gasteiger partial charge in [0.2, 0.25) is 11.6 Å². The third-order valence-corrected chi connectivity index (χ3v) is 3.67. The lowest BCUT2D eigenvalue weighted by Gasteiger charge is -2.10. The fourth-order valence-electron chi connectivity index (χ4n) is 2.35. The highest BCUT2D eigenvalue weighted by Gasteiger charge is 2.21. The molecule has 0 bridgehead atoms. The number of para-hydroxylation sites is 2. The highest BCUT2D eigenvalue weighted by Crippen LogP contribution is 2.28. The molecular formula is C19H11F6NO4. The first-order valence-electron chi connectivity index (χ1n) is 8.16. The minimum Gasteiger partial charge on any atom is -0.479 e. The molecule has 0 radical (unpaired) electrons. The molecule has 11 heteroatoms. The molecule has 0 unspecified atom stereocenters. The lowest BCUT2D eigenvalue weighted by atomic mass is 10.3. The molecule has 0 aliphatic rings. The van der Waals surface area contributed by atoms with Crippen LogP contribution in [0.2, 0.25) is 0 Å². The molecule has 1 heterocycles. The second-order valence-electron chi connectivity index (χ2n) is 5.68. The van der Waals surface area contributed by atoms with Crippen LogP contribution in [0.4, 0.5) is 32.0 Å². The van der Waals surface area contributed by atoms with Crippen LogP contribution in [0.25, 0.3) is 0 Å². The molecule has 5 nitrogen and oxygen atoms in total. The lowest BCUT2D eigenvalue weighted by Crippen LogP contribution is -2.13. The van der Waals surface area contributed by atoms with Gasteiger partial charge in [0.05, 0.1) is 5.69 Å². The zero-order chi connectivity index (χ0) is 21.8. The van der Waals surface area contributed by atoms with Crippen molar-refractivity contribution in [3.05, 3.63) is 77.3 Å². The minimum atomic E-state index is -3.11. The number of benzene rings is 2. The van der Waals surface area contributed by atoms with E-state index in [2.05, 4.69) is 10.1 Å². The predicted molar refractivity (Wildman–Crippen MR) is 90.3 cm³/mol. The zero-order valence-corrected chi connectivity index (χ0v) is 14.7. The molecule has 158 valence electrons. The van der Waals surface area contributed by atoms with Crippen molar-refractivity contribution in [1.29, 1.82) is 0 Å². The van der Waals surface area contributed by atoms with E-state index in [1.807, 2.05) is 0 Å². The minimum absolute atomic E-state index is 0.0302. The second kappa shape index (κ2) is 8.80. The average molecular weight is 431 g/mol. The maximum Gasteiger partial charge on any atom is 0.387 e. The van der Waals surface area contributed by atoms with E-state index in [-0.39, 0.29) is 29.0 Å². The molecule has 30 heavy (non-hydrogen) atoms. The van der Waals surface area contributed by atoms with Crippen LogP contribution >= 0.6 is 0 Å². The van der Waals surface area contributed by atoms with Gasteiger partial charge in [-0.2, -0.15) is 17.6 Å². The lowest BCUT2D eigenvalue weighted by molar-refractivity contribution is -0.0493. The highest BCUT2D eigenvalue weighted by molar-refractivity contribution is 6.03. The van der Waals surface area contributed by atoms with Gasteiger partial charge in [0, 0.05) is 6.07 Å². The van der Waals surface area contributed by atoms with Crippen LogP contribution in [0.3, 0.4) is 0 Å². The van der Waals surface area contributed by atoms with Crippen molar-refractivity contribution in [2.24, 2.45) is 0 Å². The Morgan fingerprint density at radius 2 is 1.67 bits per heavy atom. The Balaban J connectivity index is 1.70. The highest BCUT2D eigenvalue weighted by atomic mass is 19.3. The van der Waals surface area contributed by atoms with E-state index in [0.717, 1.165) is 0 Å². The van der Waals surface area contributed by atoms with Gasteiger partial charge in [-0.15, -0.1) is 0 Å². The van der Waals surface area contributed by atoms with Crippen molar-refractivity contribution in [3.63, 3.8) is 0 Å². The van der Waals surface area contributed by atoms with Gasteiger partial charge in [-0.25, -0.2) is 8.78 Å². The molecule has 0 saturated carbocycles. The summed E-state index contributed by atoms with van der Waals surface area (Å²) in [6, 6.07) is 7.82. The predicted octanol–water partition coefficient (Wildman–Crippen LogP) is 5.27. The first-order chi connectivity index (χ1) is 14.3. The number of furan rings is 1. The zero-order valence-electron chi connectivity index (χ0n) is 14.7. The van der Waals surface area contributed by atoms with Crippen molar-refractivity contribution in [2.45, 2.75) is 13.2 Å². The summed E-state index contributed by atoms with van der Waals surface area (Å²) in [6.45, 7) is -3.77. The third kappa shape index (κ3) is 4.67. The molecule has 3 rings (SSSR count). The van der Waals surface area contributed by atoms with E-state index in [1.54, 1.807) is 0 Å². The van der Waals surface area contributed by atoms with E-state index in [0.29, 0.717) is 0 Å². The number of alkyl halides is 2. The Kier molecular flexibility index (Phi) is 6.19. The van der Waals surface area contributed by atoms with Crippen LogP contribution in [0, 0.1) is 23.3 Å². The van der Waals surface area contributed by atoms with Crippen molar-refractivity contribution in [2.75, 3.05) is 5.32 Å². The summed E-state index contributed by atoms with van der Waals surface area (Å²) in [5.41, 5.74) is -0.0589. The van der Waals surface area contributed by atoms with Gasteiger partial charge in [0.1, 0.15) is 18.1 Å². The smallest absolute Gasteiger partial charge is 0.387 e. The second-order valence-corrected chi connectivity index (χ2v) is 5.68. The van der Waals surface area contributed by atoms with Gasteiger partial charge in [-0.05, 0) is 24.3 Å². The number of ether oxygens (including phenoxy) is 2. The summed E-state index contributed by atoms with van der Waals surface area (Å²) < 4.78 is 92.5. The molecule has 1 amide bonds. The maximum absolute atomic E-state index is 13.6. The number of carbonyl (C=O) groups is 1. The molecule has 0 fully saturated rings. The summed E-state index contributed by atoms with van der Waals surface area (Å²) in [4.78, 5) is 12.2. The van der Waals surface area contributed by atoms with Crippen molar-refractivity contribution in [1.82, 2.24) is 0 Å². The van der Waals surface area contributed by atoms with Crippen LogP contribution in [-0.2, 0) is 6.61 Å². The first-order valence-corrected chi connectivity index (χ1v) is 8.16. The van der Waals surface area contributed by atoms with Crippen molar-refractivity contribution in [3.8, 4) is 11.5 Å².